The zero-order valence-electron chi connectivity index (χ0n) is 7.60. The Labute approximate surface area is 75.1 Å². The number of carboxylic acid groups (broad SMARTS) is 1. The number of aliphatic hydroxyl groups excluding tert-OH is 1. The molecule has 0 aromatic carbocycles. The molecule has 0 aliphatic rings. The molecule has 0 saturated carbocycles. The van der Waals surface area contributed by atoms with E-state index in [1.54, 1.807) is 0 Å². The molecule has 76 valence electrons. The molecule has 0 aliphatic heterocycles. The molecule has 6 nitrogen and oxygen atoms in total. The number of carboxylic acids is 1. The van der Waals surface area contributed by atoms with Crippen molar-refractivity contribution < 1.29 is 29.3 Å². The average molecular weight is 192 g/mol. The van der Waals surface area contributed by atoms with Gasteiger partial charge in [0.15, 0.2) is 0 Å². The van der Waals surface area contributed by atoms with Crippen LogP contribution in [0.3, 0.4) is 0 Å². The van der Waals surface area contributed by atoms with E-state index in [0.29, 0.717) is 0 Å². The summed E-state index contributed by atoms with van der Waals surface area (Å²) in [5.74, 6) is -2.31. The number of aliphatic hydroxyl groups is 1. The summed E-state index contributed by atoms with van der Waals surface area (Å²) in [5, 5.41) is 15.8. The monoisotopic (exact) mass is 192 g/mol. The van der Waals surface area contributed by atoms with Gasteiger partial charge in [0, 0.05) is 13.8 Å². The standard InChI is InChI=1S/C4H6O3.C3H6O3/c1-3(5)7-4(2)6;1-2(4)3(5)6/h1-2H3;2,4H,1H3,(H,5,6). The molecule has 6 heteroatoms. The van der Waals surface area contributed by atoms with Crippen LogP contribution >= 0.6 is 0 Å². The molecule has 0 heterocycles. The lowest BCUT2D eigenvalue weighted by molar-refractivity contribution is -0.156. The van der Waals surface area contributed by atoms with Gasteiger partial charge in [0.1, 0.15) is 6.10 Å². The number of carbonyl (C=O) groups is 3. The third-order valence-electron chi connectivity index (χ3n) is 0.645. The second-order valence-corrected chi connectivity index (χ2v) is 2.10. The topological polar surface area (TPSA) is 101 Å². The Kier molecular flexibility index (Phi) is 7.85. The first kappa shape index (κ1) is 14.1. The van der Waals surface area contributed by atoms with Crippen LogP contribution in [-0.4, -0.2) is 34.2 Å². The predicted molar refractivity (Wildman–Crippen MR) is 41.8 cm³/mol. The van der Waals surface area contributed by atoms with Crippen molar-refractivity contribution in [1.82, 2.24) is 0 Å². The summed E-state index contributed by atoms with van der Waals surface area (Å²) in [5.41, 5.74) is 0. The Hall–Kier alpha value is -1.43. The molecular formula is C7H12O6. The SMILES string of the molecule is CC(=O)OC(C)=O.CC(O)C(=O)O. The molecule has 0 rings (SSSR count). The van der Waals surface area contributed by atoms with Crippen LogP contribution < -0.4 is 0 Å². The summed E-state index contributed by atoms with van der Waals surface area (Å²) in [7, 11) is 0. The van der Waals surface area contributed by atoms with Crippen LogP contribution in [0.15, 0.2) is 0 Å². The molecule has 0 saturated heterocycles. The number of esters is 2. The van der Waals surface area contributed by atoms with Crippen molar-refractivity contribution in [2.45, 2.75) is 26.9 Å². The van der Waals surface area contributed by atoms with Crippen molar-refractivity contribution in [3.63, 3.8) is 0 Å². The number of ether oxygens (including phenoxy) is 1. The van der Waals surface area contributed by atoms with Gasteiger partial charge in [-0.15, -0.1) is 0 Å². The second kappa shape index (κ2) is 7.23. The average Bonchev–Trinajstić information content (AvgIpc) is 1.84. The lowest BCUT2D eigenvalue weighted by atomic mass is 10.4. The van der Waals surface area contributed by atoms with Crippen LogP contribution in [0.25, 0.3) is 0 Å². The number of aliphatic carboxylic acids is 1. The van der Waals surface area contributed by atoms with Gasteiger partial charge in [0.2, 0.25) is 0 Å². The van der Waals surface area contributed by atoms with E-state index in [9.17, 15) is 14.4 Å². The van der Waals surface area contributed by atoms with Crippen molar-refractivity contribution in [2.75, 3.05) is 0 Å². The van der Waals surface area contributed by atoms with Gasteiger partial charge >= 0.3 is 17.9 Å². The van der Waals surface area contributed by atoms with Crippen molar-refractivity contribution in [3.05, 3.63) is 0 Å². The number of hydrogen-bond donors (Lipinski definition) is 2. The third-order valence-corrected chi connectivity index (χ3v) is 0.645. The van der Waals surface area contributed by atoms with E-state index in [1.807, 2.05) is 0 Å². The van der Waals surface area contributed by atoms with E-state index < -0.39 is 24.0 Å². The minimum absolute atomic E-state index is 0.562. The molecule has 2 N–H and O–H groups in total. The largest absolute Gasteiger partial charge is 0.479 e. The van der Waals surface area contributed by atoms with E-state index in [0.717, 1.165) is 0 Å². The maximum Gasteiger partial charge on any atom is 0.332 e. The summed E-state index contributed by atoms with van der Waals surface area (Å²) in [6.45, 7) is 3.56. The zero-order valence-corrected chi connectivity index (χ0v) is 7.60. The van der Waals surface area contributed by atoms with Gasteiger partial charge in [-0.05, 0) is 6.92 Å². The van der Waals surface area contributed by atoms with Gasteiger partial charge in [-0.2, -0.15) is 0 Å². The molecule has 0 fully saturated rings. The fraction of sp³-hybridized carbons (Fsp3) is 0.571. The van der Waals surface area contributed by atoms with E-state index in [-0.39, 0.29) is 0 Å². The minimum atomic E-state index is -1.23. The molecule has 0 aliphatic carbocycles. The van der Waals surface area contributed by atoms with Crippen LogP contribution in [0, 0.1) is 0 Å². The first-order chi connectivity index (χ1) is 5.77. The van der Waals surface area contributed by atoms with Crippen LogP contribution in [-0.2, 0) is 19.1 Å². The summed E-state index contributed by atoms with van der Waals surface area (Å²) < 4.78 is 3.97. The Morgan fingerprint density at radius 2 is 1.38 bits per heavy atom. The highest BCUT2D eigenvalue weighted by molar-refractivity contribution is 5.82. The predicted octanol–water partition coefficient (Wildman–Crippen LogP) is -0.452. The molecular weight excluding hydrogens is 180 g/mol. The van der Waals surface area contributed by atoms with Gasteiger partial charge < -0.3 is 14.9 Å². The van der Waals surface area contributed by atoms with Crippen LogP contribution in [0.5, 0.6) is 0 Å². The van der Waals surface area contributed by atoms with E-state index in [4.69, 9.17) is 10.2 Å². The minimum Gasteiger partial charge on any atom is -0.479 e. The molecule has 0 radical (unpaired) electrons. The summed E-state index contributed by atoms with van der Waals surface area (Å²) in [4.78, 5) is 29.1. The van der Waals surface area contributed by atoms with Gasteiger partial charge in [-0.1, -0.05) is 0 Å². The number of rotatable bonds is 1. The Morgan fingerprint density at radius 1 is 1.15 bits per heavy atom. The van der Waals surface area contributed by atoms with Crippen LogP contribution in [0.2, 0.25) is 0 Å². The number of carbonyl (C=O) groups excluding carboxylic acids is 2. The molecule has 0 bridgehead atoms. The maximum absolute atomic E-state index is 9.81. The molecule has 13 heavy (non-hydrogen) atoms. The quantitative estimate of drug-likeness (QED) is 0.431. The highest BCUT2D eigenvalue weighted by atomic mass is 16.6. The van der Waals surface area contributed by atoms with E-state index in [2.05, 4.69) is 4.74 Å². The third kappa shape index (κ3) is 18.0. The molecule has 0 aromatic rings. The molecule has 0 aromatic heterocycles. The molecule has 0 amide bonds. The normalized spacial score (nSPS) is 10.5. The fourth-order valence-electron chi connectivity index (χ4n) is 0.202. The summed E-state index contributed by atoms with van der Waals surface area (Å²) >= 11 is 0. The van der Waals surface area contributed by atoms with Gasteiger partial charge in [0.05, 0.1) is 0 Å². The lowest BCUT2D eigenvalue weighted by Crippen LogP contribution is -2.13. The van der Waals surface area contributed by atoms with E-state index in [1.165, 1.54) is 20.8 Å². The van der Waals surface area contributed by atoms with Crippen molar-refractivity contribution in [1.29, 1.82) is 0 Å². The highest BCUT2D eigenvalue weighted by Crippen LogP contribution is 1.74. The van der Waals surface area contributed by atoms with Gasteiger partial charge in [-0.25, -0.2) is 4.79 Å². The fourth-order valence-corrected chi connectivity index (χ4v) is 0.202. The highest BCUT2D eigenvalue weighted by Gasteiger charge is 2.01. The van der Waals surface area contributed by atoms with Crippen molar-refractivity contribution >= 4 is 17.9 Å². The summed E-state index contributed by atoms with van der Waals surface area (Å²) in [6.07, 6.45) is -1.23. The van der Waals surface area contributed by atoms with Crippen molar-refractivity contribution in [3.8, 4) is 0 Å². The second-order valence-electron chi connectivity index (χ2n) is 2.10. The first-order valence-corrected chi connectivity index (χ1v) is 3.37. The van der Waals surface area contributed by atoms with Crippen LogP contribution in [0.4, 0.5) is 0 Å². The lowest BCUT2D eigenvalue weighted by Gasteiger charge is -1.89. The van der Waals surface area contributed by atoms with Crippen molar-refractivity contribution in [2.24, 2.45) is 0 Å². The molecule has 1 atom stereocenters. The summed E-state index contributed by atoms with van der Waals surface area (Å²) in [6, 6.07) is 0. The first-order valence-electron chi connectivity index (χ1n) is 3.37. The maximum atomic E-state index is 9.81. The molecule has 1 unspecified atom stereocenters. The Morgan fingerprint density at radius 3 is 1.38 bits per heavy atom. The zero-order chi connectivity index (χ0) is 11.0. The Bertz CT molecular complexity index is 183. The number of hydrogen-bond acceptors (Lipinski definition) is 5. The van der Waals surface area contributed by atoms with Crippen LogP contribution in [0.1, 0.15) is 20.8 Å². The van der Waals surface area contributed by atoms with Gasteiger partial charge in [-0.3, -0.25) is 9.59 Å². The Balaban J connectivity index is 0. The van der Waals surface area contributed by atoms with Gasteiger partial charge in [0.25, 0.3) is 0 Å². The molecule has 0 spiro atoms. The smallest absolute Gasteiger partial charge is 0.332 e. The van der Waals surface area contributed by atoms with E-state index >= 15 is 0 Å².